The summed E-state index contributed by atoms with van der Waals surface area (Å²) in [4.78, 5) is 8.98. The fraction of sp³-hybridized carbons (Fsp3) is 0.833. The van der Waals surface area contributed by atoms with E-state index in [1.165, 1.54) is 12.8 Å². The van der Waals surface area contributed by atoms with E-state index in [1.54, 1.807) is 0 Å². The van der Waals surface area contributed by atoms with E-state index in [1.807, 2.05) is 0 Å². The van der Waals surface area contributed by atoms with E-state index in [0.29, 0.717) is 11.8 Å². The molecular formula is C18H34IN5O2. The van der Waals surface area contributed by atoms with E-state index in [9.17, 15) is 0 Å². The maximum Gasteiger partial charge on any atom is 0.226 e. The first-order valence-electron chi connectivity index (χ1n) is 9.61. The number of guanidine groups is 1. The first kappa shape index (κ1) is 23.1. The lowest BCUT2D eigenvalue weighted by Crippen LogP contribution is -2.38. The van der Waals surface area contributed by atoms with Crippen LogP contribution in [0.25, 0.3) is 0 Å². The van der Waals surface area contributed by atoms with Crippen molar-refractivity contribution >= 4 is 29.9 Å². The van der Waals surface area contributed by atoms with E-state index >= 15 is 0 Å². The Bertz CT molecular complexity index is 517. The molecule has 2 N–H and O–H groups in total. The number of hydrogen-bond acceptors (Lipinski definition) is 5. The second-order valence-electron chi connectivity index (χ2n) is 6.86. The lowest BCUT2D eigenvalue weighted by Gasteiger charge is -2.11. The van der Waals surface area contributed by atoms with Gasteiger partial charge in [-0.15, -0.1) is 24.0 Å². The fourth-order valence-electron chi connectivity index (χ4n) is 2.28. The highest BCUT2D eigenvalue weighted by Crippen LogP contribution is 2.28. The van der Waals surface area contributed by atoms with Gasteiger partial charge in [0.25, 0.3) is 0 Å². The van der Waals surface area contributed by atoms with E-state index < -0.39 is 0 Å². The quantitative estimate of drug-likeness (QED) is 0.208. The number of nitrogens with one attached hydrogen (secondary N) is 2. The summed E-state index contributed by atoms with van der Waals surface area (Å²) >= 11 is 0. The van der Waals surface area contributed by atoms with Gasteiger partial charge in [0, 0.05) is 45.2 Å². The molecule has 0 unspecified atom stereocenters. The van der Waals surface area contributed by atoms with Gasteiger partial charge in [0.2, 0.25) is 5.89 Å². The summed E-state index contributed by atoms with van der Waals surface area (Å²) in [5, 5.41) is 10.6. The Morgan fingerprint density at radius 1 is 1.31 bits per heavy atom. The Morgan fingerprint density at radius 2 is 2.12 bits per heavy atom. The molecule has 0 aliphatic heterocycles. The molecule has 0 amide bonds. The van der Waals surface area contributed by atoms with Crippen LogP contribution in [-0.2, 0) is 11.2 Å². The average Bonchev–Trinajstić information content (AvgIpc) is 3.29. The zero-order valence-electron chi connectivity index (χ0n) is 16.3. The van der Waals surface area contributed by atoms with Crippen LogP contribution < -0.4 is 10.6 Å². The molecule has 1 aliphatic carbocycles. The summed E-state index contributed by atoms with van der Waals surface area (Å²) in [6.07, 6.45) is 5.34. The van der Waals surface area contributed by atoms with Gasteiger partial charge in [0.1, 0.15) is 0 Å². The Hall–Kier alpha value is -0.900. The lowest BCUT2D eigenvalue weighted by molar-refractivity contribution is 0.123. The first-order chi connectivity index (χ1) is 12.2. The molecule has 26 heavy (non-hydrogen) atoms. The van der Waals surface area contributed by atoms with Gasteiger partial charge in [-0.1, -0.05) is 19.0 Å². The summed E-state index contributed by atoms with van der Waals surface area (Å²) < 4.78 is 10.9. The molecule has 0 saturated heterocycles. The predicted octanol–water partition coefficient (Wildman–Crippen LogP) is 3.12. The summed E-state index contributed by atoms with van der Waals surface area (Å²) in [6.45, 7) is 10.4. The molecule has 8 heteroatoms. The lowest BCUT2D eigenvalue weighted by atomic mass is 10.2. The molecule has 0 spiro atoms. The molecule has 0 aromatic carbocycles. The zero-order chi connectivity index (χ0) is 17.9. The smallest absolute Gasteiger partial charge is 0.226 e. The van der Waals surface area contributed by atoms with Gasteiger partial charge in [0.05, 0.1) is 0 Å². The Morgan fingerprint density at radius 3 is 2.77 bits per heavy atom. The summed E-state index contributed by atoms with van der Waals surface area (Å²) in [5.41, 5.74) is 0. The SMILES string of the molecule is CCNC(=NCCCc1nc(C(C)C)no1)NCCCOCC1CC1.I. The molecule has 0 bridgehead atoms. The second kappa shape index (κ2) is 13.3. The molecule has 1 saturated carbocycles. The normalized spacial score (nSPS) is 14.4. The Labute approximate surface area is 174 Å². The third kappa shape index (κ3) is 9.70. The first-order valence-corrected chi connectivity index (χ1v) is 9.61. The number of hydrogen-bond donors (Lipinski definition) is 2. The van der Waals surface area contributed by atoms with E-state index in [2.05, 4.69) is 46.5 Å². The van der Waals surface area contributed by atoms with Gasteiger partial charge < -0.3 is 19.9 Å². The highest BCUT2D eigenvalue weighted by atomic mass is 127. The van der Waals surface area contributed by atoms with E-state index in [0.717, 1.165) is 69.8 Å². The van der Waals surface area contributed by atoms with Crippen molar-refractivity contribution in [3.8, 4) is 0 Å². The van der Waals surface area contributed by atoms with E-state index in [4.69, 9.17) is 9.26 Å². The van der Waals surface area contributed by atoms with Crippen LogP contribution in [0.4, 0.5) is 0 Å². The van der Waals surface area contributed by atoms with Gasteiger partial charge in [-0.05, 0) is 38.5 Å². The molecule has 1 fully saturated rings. The molecule has 1 aromatic heterocycles. The highest BCUT2D eigenvalue weighted by molar-refractivity contribution is 14.0. The van der Waals surface area contributed by atoms with Crippen LogP contribution in [-0.4, -0.2) is 48.9 Å². The van der Waals surface area contributed by atoms with Crippen LogP contribution in [0.3, 0.4) is 0 Å². The Kier molecular flexibility index (Phi) is 11.8. The maximum absolute atomic E-state index is 5.64. The van der Waals surface area contributed by atoms with Crippen molar-refractivity contribution in [2.45, 2.75) is 58.8 Å². The highest BCUT2D eigenvalue weighted by Gasteiger charge is 2.20. The van der Waals surface area contributed by atoms with Crippen molar-refractivity contribution in [2.24, 2.45) is 10.9 Å². The van der Waals surface area contributed by atoms with Gasteiger partial charge in [0.15, 0.2) is 11.8 Å². The number of halogens is 1. The third-order valence-corrected chi connectivity index (χ3v) is 3.97. The number of aryl methyl sites for hydroxylation is 1. The molecular weight excluding hydrogens is 445 g/mol. The summed E-state index contributed by atoms with van der Waals surface area (Å²) in [6, 6.07) is 0. The molecule has 1 aromatic rings. The number of nitrogens with zero attached hydrogens (tertiary/aromatic N) is 3. The van der Waals surface area contributed by atoms with Crippen molar-refractivity contribution in [1.82, 2.24) is 20.8 Å². The van der Waals surface area contributed by atoms with Crippen molar-refractivity contribution in [3.63, 3.8) is 0 Å². The minimum absolute atomic E-state index is 0. The summed E-state index contributed by atoms with van der Waals surface area (Å²) in [7, 11) is 0. The van der Waals surface area contributed by atoms with Gasteiger partial charge >= 0.3 is 0 Å². The molecule has 150 valence electrons. The minimum atomic E-state index is 0. The molecule has 1 aliphatic rings. The van der Waals surface area contributed by atoms with Crippen LogP contribution in [0.5, 0.6) is 0 Å². The van der Waals surface area contributed by atoms with Crippen LogP contribution in [0.15, 0.2) is 9.52 Å². The average molecular weight is 479 g/mol. The number of rotatable bonds is 12. The second-order valence-corrected chi connectivity index (χ2v) is 6.86. The minimum Gasteiger partial charge on any atom is -0.381 e. The summed E-state index contributed by atoms with van der Waals surface area (Å²) in [5.74, 6) is 3.47. The topological polar surface area (TPSA) is 84.6 Å². The number of aliphatic imine (C=N–C) groups is 1. The van der Waals surface area contributed by atoms with Gasteiger partial charge in [-0.25, -0.2) is 0 Å². The number of aromatic nitrogens is 2. The van der Waals surface area contributed by atoms with Crippen molar-refractivity contribution in [3.05, 3.63) is 11.7 Å². The van der Waals surface area contributed by atoms with Crippen LogP contribution in [0.2, 0.25) is 0 Å². The molecule has 1 heterocycles. The fourth-order valence-corrected chi connectivity index (χ4v) is 2.28. The van der Waals surface area contributed by atoms with Crippen molar-refractivity contribution in [1.29, 1.82) is 0 Å². The third-order valence-electron chi connectivity index (χ3n) is 3.97. The van der Waals surface area contributed by atoms with Crippen LogP contribution >= 0.6 is 24.0 Å². The van der Waals surface area contributed by atoms with Crippen LogP contribution in [0.1, 0.15) is 64.1 Å². The standard InChI is InChI=1S/C18H33N5O2.HI/c1-4-19-18(21-11-6-12-24-13-15-8-9-15)20-10-5-7-16-22-17(14(2)3)23-25-16;/h14-15H,4-13H2,1-3H3,(H2,19,20,21);1H. The maximum atomic E-state index is 5.64. The predicted molar refractivity (Wildman–Crippen MR) is 114 cm³/mol. The van der Waals surface area contributed by atoms with Gasteiger partial charge in [-0.3, -0.25) is 4.99 Å². The number of ether oxygens (including phenoxy) is 1. The van der Waals surface area contributed by atoms with Crippen LogP contribution in [0, 0.1) is 5.92 Å². The molecule has 2 rings (SSSR count). The molecule has 7 nitrogen and oxygen atoms in total. The monoisotopic (exact) mass is 479 g/mol. The largest absolute Gasteiger partial charge is 0.381 e. The van der Waals surface area contributed by atoms with Crippen molar-refractivity contribution in [2.75, 3.05) is 32.8 Å². The molecule has 0 atom stereocenters. The van der Waals surface area contributed by atoms with E-state index in [-0.39, 0.29) is 24.0 Å². The molecule has 0 radical (unpaired) electrons. The zero-order valence-corrected chi connectivity index (χ0v) is 18.6. The van der Waals surface area contributed by atoms with Crippen molar-refractivity contribution < 1.29 is 9.26 Å². The Balaban J connectivity index is 0.00000338. The van der Waals surface area contributed by atoms with Gasteiger partial charge in [-0.2, -0.15) is 4.98 Å².